The van der Waals surface area contributed by atoms with Crippen LogP contribution in [0.5, 0.6) is 0 Å². The minimum Gasteiger partial charge on any atom is -0.394 e. The quantitative estimate of drug-likeness (QED) is 0.0915. The average molecular weight is 747 g/mol. The predicted octanol–water partition coefficient (Wildman–Crippen LogP) is 1.03. The number of hydrogen-bond acceptors (Lipinski definition) is 12. The van der Waals surface area contributed by atoms with Crippen LogP contribution in [0, 0.1) is 16.0 Å². The number of aliphatic hydroxyl groups is 5. The van der Waals surface area contributed by atoms with E-state index in [0.717, 1.165) is 0 Å². The molecule has 0 aliphatic carbocycles. The zero-order valence-electron chi connectivity index (χ0n) is 28.8. The maximum absolute atomic E-state index is 16.3. The highest BCUT2D eigenvalue weighted by molar-refractivity contribution is 6.72. The molecule has 52 heavy (non-hydrogen) atoms. The number of nitrogens with one attached hydrogen (secondary N) is 1. The number of halogens is 1. The third-order valence-electron chi connectivity index (χ3n) is 10.8. The molecule has 16 nitrogen and oxygen atoms in total. The Morgan fingerprint density at radius 2 is 1.85 bits per heavy atom. The highest BCUT2D eigenvalue weighted by Gasteiger charge is 2.67. The molecule has 0 bridgehead atoms. The zero-order chi connectivity index (χ0) is 37.9. The van der Waals surface area contributed by atoms with Gasteiger partial charge in [-0.1, -0.05) is 19.1 Å². The summed E-state index contributed by atoms with van der Waals surface area (Å²) < 4.78 is 27.9. The first kappa shape index (κ1) is 37.9. The molecule has 4 heterocycles. The normalized spacial score (nSPS) is 33.1. The summed E-state index contributed by atoms with van der Waals surface area (Å²) in [6.07, 6.45) is -9.11. The summed E-state index contributed by atoms with van der Waals surface area (Å²) in [5, 5.41) is 64.1. The lowest BCUT2D eigenvalue weighted by Crippen LogP contribution is -2.60. The Morgan fingerprint density at radius 1 is 1.12 bits per heavy atom. The van der Waals surface area contributed by atoms with Crippen molar-refractivity contribution in [3.63, 3.8) is 0 Å². The minimum atomic E-state index is -3.68. The largest absolute Gasteiger partial charge is 0.394 e. The third kappa shape index (κ3) is 6.51. The van der Waals surface area contributed by atoms with E-state index in [9.17, 15) is 50.0 Å². The van der Waals surface area contributed by atoms with Crippen molar-refractivity contribution in [1.82, 2.24) is 4.90 Å². The van der Waals surface area contributed by atoms with Crippen LogP contribution < -0.4 is 10.2 Å². The van der Waals surface area contributed by atoms with E-state index in [2.05, 4.69) is 5.32 Å². The zero-order valence-corrected chi connectivity index (χ0v) is 29.8. The Morgan fingerprint density at radius 3 is 2.52 bits per heavy atom. The fraction of sp³-hybridized carbons (Fsp3) is 0.559. The van der Waals surface area contributed by atoms with E-state index in [0.29, 0.717) is 30.6 Å². The van der Waals surface area contributed by atoms with E-state index in [1.807, 2.05) is 0 Å². The summed E-state index contributed by atoms with van der Waals surface area (Å²) in [5.41, 5.74) is -1.88. The summed E-state index contributed by atoms with van der Waals surface area (Å²) in [5.74, 6) is -2.70. The monoisotopic (exact) mass is 746 g/mol. The van der Waals surface area contributed by atoms with Gasteiger partial charge < -0.3 is 54.2 Å². The third-order valence-corrected chi connectivity index (χ3v) is 13.3. The summed E-state index contributed by atoms with van der Waals surface area (Å²) in [7, 11) is -3.68. The molecular formula is C34H43FN4O12Si. The molecule has 4 aliphatic rings. The van der Waals surface area contributed by atoms with Crippen LogP contribution in [-0.2, 0) is 36.0 Å². The minimum absolute atomic E-state index is 0.117. The van der Waals surface area contributed by atoms with Gasteiger partial charge in [0.05, 0.1) is 42.3 Å². The molecule has 0 unspecified atom stereocenters. The second-order valence-electron chi connectivity index (χ2n) is 14.5. The first-order chi connectivity index (χ1) is 24.5. The summed E-state index contributed by atoms with van der Waals surface area (Å²) in [4.78, 5) is 55.5. The van der Waals surface area contributed by atoms with E-state index in [4.69, 9.17) is 9.47 Å². The Balaban J connectivity index is 1.31. The second-order valence-corrected chi connectivity index (χ2v) is 18.3. The Hall–Kier alpha value is -3.88. The number of amides is 3. The number of aliphatic hydroxyl groups excluding tert-OH is 5. The molecule has 1 spiro atoms. The SMILES string of the molecule is C[C@H]1[C@H]([Si](C)(C)F)[C@@H](CC(=O)N2CCC[C@H]2CO)O[C@]12C(=O)N(Cc1cccc(NC(=O)[C@H]3O[C@@H](O)[C@H](O)[C@@H](O)[C@@H]3O)c1)c1ccc([N+](=O)[O-])cc12. The van der Waals surface area contributed by atoms with Gasteiger partial charge in [-0.15, -0.1) is 0 Å². The van der Waals surface area contributed by atoms with Crippen LogP contribution in [0.1, 0.15) is 37.3 Å². The van der Waals surface area contributed by atoms with Gasteiger partial charge in [-0.2, -0.15) is 0 Å². The standard InChI is InChI=1S/C34H43FN4O12Si/c1-17-30(52(2,3)35)24(14-25(41)37-11-5-8-21(37)16-40)51-34(17)22-13-20(39(48)49)9-10-23(22)38(33(34)47)15-18-6-4-7-19(12-18)36-31(45)29-27(43)26(42)28(44)32(46)50-29/h4,6-7,9-10,12-13,17,21,24,26-30,32,40,42-44,46H,5,8,11,14-16H2,1-3H3,(H,36,45)/t17-,21-,24+,26-,27-,28+,29-,30-,32+,34+/m0/s1. The molecule has 0 radical (unpaired) electrons. The number of rotatable bonds is 9. The molecule has 282 valence electrons. The van der Waals surface area contributed by atoms with Gasteiger partial charge in [0.1, 0.15) is 18.3 Å². The fourth-order valence-corrected chi connectivity index (χ4v) is 10.9. The van der Waals surface area contributed by atoms with E-state index >= 15 is 4.11 Å². The fourth-order valence-electron chi connectivity index (χ4n) is 8.37. The highest BCUT2D eigenvalue weighted by Crippen LogP contribution is 2.60. The number of anilines is 2. The first-order valence-electron chi connectivity index (χ1n) is 17.1. The van der Waals surface area contributed by atoms with Crippen LogP contribution in [-0.4, -0.2) is 117 Å². The Bertz CT molecular complexity index is 1750. The number of ether oxygens (including phenoxy) is 2. The van der Waals surface area contributed by atoms with Crippen molar-refractivity contribution >= 4 is 43.2 Å². The molecular weight excluding hydrogens is 703 g/mol. The molecule has 3 fully saturated rings. The first-order valence-corrected chi connectivity index (χ1v) is 20.1. The van der Waals surface area contributed by atoms with Gasteiger partial charge in [0.15, 0.2) is 18.0 Å². The van der Waals surface area contributed by atoms with Crippen molar-refractivity contribution < 1.29 is 58.4 Å². The molecule has 2 aromatic carbocycles. The van der Waals surface area contributed by atoms with Crippen LogP contribution in [0.15, 0.2) is 42.5 Å². The van der Waals surface area contributed by atoms with E-state index in [-0.39, 0.29) is 48.5 Å². The number of carbonyl (C=O) groups excluding carboxylic acids is 3. The topological polar surface area (TPSA) is 232 Å². The Labute approximate surface area is 299 Å². The van der Waals surface area contributed by atoms with Crippen LogP contribution in [0.25, 0.3) is 0 Å². The number of likely N-dealkylation sites (tertiary alicyclic amines) is 1. The maximum Gasteiger partial charge on any atom is 0.269 e. The van der Waals surface area contributed by atoms with Crippen LogP contribution in [0.4, 0.5) is 21.2 Å². The molecule has 3 saturated heterocycles. The van der Waals surface area contributed by atoms with Crippen molar-refractivity contribution in [2.75, 3.05) is 23.4 Å². The molecule has 6 N–H and O–H groups in total. The van der Waals surface area contributed by atoms with Crippen molar-refractivity contribution in [2.45, 2.75) is 99.8 Å². The summed E-state index contributed by atoms with van der Waals surface area (Å²) in [6.45, 7) is 4.73. The summed E-state index contributed by atoms with van der Waals surface area (Å²) in [6, 6.07) is 9.82. The van der Waals surface area contributed by atoms with Crippen molar-refractivity contribution in [3.05, 3.63) is 63.7 Å². The number of carbonyl (C=O) groups is 3. The summed E-state index contributed by atoms with van der Waals surface area (Å²) >= 11 is 0. The van der Waals surface area contributed by atoms with Crippen molar-refractivity contribution in [2.24, 2.45) is 5.92 Å². The average Bonchev–Trinajstić information content (AvgIpc) is 3.75. The number of non-ortho nitro benzene ring substituents is 1. The van der Waals surface area contributed by atoms with Gasteiger partial charge in [0.2, 0.25) is 14.3 Å². The van der Waals surface area contributed by atoms with E-state index in [1.54, 1.807) is 24.0 Å². The van der Waals surface area contributed by atoms with Gasteiger partial charge in [0.25, 0.3) is 17.5 Å². The van der Waals surface area contributed by atoms with E-state index < -0.39 is 79.0 Å². The van der Waals surface area contributed by atoms with Gasteiger partial charge in [-0.3, -0.25) is 24.5 Å². The van der Waals surface area contributed by atoms with Crippen molar-refractivity contribution in [1.29, 1.82) is 0 Å². The number of benzene rings is 2. The van der Waals surface area contributed by atoms with Crippen molar-refractivity contribution in [3.8, 4) is 0 Å². The molecule has 3 amide bonds. The highest BCUT2D eigenvalue weighted by atomic mass is 28.4. The molecule has 10 atom stereocenters. The second kappa shape index (κ2) is 14.2. The van der Waals surface area contributed by atoms with Crippen LogP contribution in [0.2, 0.25) is 18.6 Å². The van der Waals surface area contributed by atoms with Gasteiger partial charge in [-0.25, -0.2) is 0 Å². The molecule has 2 aromatic rings. The lowest BCUT2D eigenvalue weighted by molar-refractivity contribution is -0.385. The lowest BCUT2D eigenvalue weighted by atomic mass is 9.82. The molecule has 4 aliphatic heterocycles. The van der Waals surface area contributed by atoms with Gasteiger partial charge >= 0.3 is 0 Å². The van der Waals surface area contributed by atoms with Crippen LogP contribution >= 0.6 is 0 Å². The van der Waals surface area contributed by atoms with Gasteiger partial charge in [0, 0.05) is 41.4 Å². The predicted molar refractivity (Wildman–Crippen MR) is 183 cm³/mol. The van der Waals surface area contributed by atoms with Crippen LogP contribution in [0.3, 0.4) is 0 Å². The number of nitro groups is 1. The maximum atomic E-state index is 16.3. The molecule has 0 aromatic heterocycles. The Kier molecular flexibility index (Phi) is 10.3. The van der Waals surface area contributed by atoms with E-state index in [1.165, 1.54) is 48.3 Å². The molecule has 18 heteroatoms. The lowest BCUT2D eigenvalue weighted by Gasteiger charge is -2.37. The molecule has 6 rings (SSSR count). The number of hydrogen-bond donors (Lipinski definition) is 6. The number of fused-ring (bicyclic) bond motifs is 2. The van der Waals surface area contributed by atoms with Gasteiger partial charge in [-0.05, 0) is 49.7 Å². The smallest absolute Gasteiger partial charge is 0.269 e. The number of nitrogens with zero attached hydrogens (tertiary/aromatic N) is 3. The number of nitro benzene ring substituents is 1. The molecule has 0 saturated carbocycles.